The number of aromatic amines is 1. The van der Waals surface area contributed by atoms with Crippen LogP contribution < -0.4 is 10.6 Å². The van der Waals surface area contributed by atoms with Crippen molar-refractivity contribution in [3.05, 3.63) is 71.7 Å². The normalized spacial score (nSPS) is 16.7. The molecule has 54 heavy (non-hydrogen) atoms. The van der Waals surface area contributed by atoms with Gasteiger partial charge in [0, 0.05) is 56.2 Å². The molecule has 5 heterocycles. The Morgan fingerprint density at radius 3 is 2.28 bits per heavy atom. The summed E-state index contributed by atoms with van der Waals surface area (Å²) in [5.41, 5.74) is 1.26. The molecule has 290 valence electrons. The number of carbonyl (C=O) groups excluding carboxylic acids is 2. The van der Waals surface area contributed by atoms with E-state index in [1.807, 2.05) is 63.1 Å². The number of pyridine rings is 1. The summed E-state index contributed by atoms with van der Waals surface area (Å²) in [5.74, 6) is 0.104. The zero-order valence-corrected chi connectivity index (χ0v) is 31.6. The number of hydrogen-bond donors (Lipinski definition) is 3. The monoisotopic (exact) mass is 750 g/mol. The van der Waals surface area contributed by atoms with E-state index in [4.69, 9.17) is 9.72 Å². The highest BCUT2D eigenvalue weighted by molar-refractivity contribution is 5.93. The smallest absolute Gasteiger partial charge is 0.410 e. The van der Waals surface area contributed by atoms with Gasteiger partial charge in [0.05, 0.1) is 24.0 Å². The highest BCUT2D eigenvalue weighted by Gasteiger charge is 2.51. The minimum absolute atomic E-state index is 0.111. The molecule has 4 aromatic rings. The average Bonchev–Trinajstić information content (AvgIpc) is 3.82. The molecule has 0 aliphatic carbocycles. The summed E-state index contributed by atoms with van der Waals surface area (Å²) in [6.07, 6.45) is 4.13. The number of nitrogens with one attached hydrogen (secondary N) is 3. The predicted molar refractivity (Wildman–Crippen MR) is 197 cm³/mol. The summed E-state index contributed by atoms with van der Waals surface area (Å²) >= 11 is 0. The molecule has 0 saturated carbocycles. The van der Waals surface area contributed by atoms with Crippen molar-refractivity contribution in [1.29, 1.82) is 0 Å². The number of aryl methyl sites for hydroxylation is 1. The molecule has 0 spiro atoms. The first-order chi connectivity index (χ1) is 25.5. The number of alkyl halides is 3. The molecule has 2 aliphatic heterocycles. The third kappa shape index (κ3) is 9.02. The number of H-pyrrole nitrogens is 1. The molecule has 2 aliphatic rings. The number of anilines is 1. The lowest BCUT2D eigenvalue weighted by Gasteiger charge is -2.42. The van der Waals surface area contributed by atoms with Gasteiger partial charge < -0.3 is 25.2 Å². The van der Waals surface area contributed by atoms with Crippen molar-refractivity contribution in [1.82, 2.24) is 45.1 Å². The number of ether oxygens (including phenoxy) is 1. The van der Waals surface area contributed by atoms with E-state index >= 15 is 0 Å². The predicted octanol–water partition coefficient (Wildman–Crippen LogP) is 6.41. The van der Waals surface area contributed by atoms with Gasteiger partial charge in [-0.1, -0.05) is 6.07 Å². The quantitative estimate of drug-likeness (QED) is 0.177. The summed E-state index contributed by atoms with van der Waals surface area (Å²) < 4.78 is 47.2. The van der Waals surface area contributed by atoms with Crippen LogP contribution in [0.25, 0.3) is 16.8 Å². The van der Waals surface area contributed by atoms with E-state index in [0.29, 0.717) is 12.1 Å². The van der Waals surface area contributed by atoms with Gasteiger partial charge in [0.15, 0.2) is 5.82 Å². The number of rotatable bonds is 9. The molecule has 3 N–H and O–H groups in total. The maximum Gasteiger partial charge on any atom is 0.410 e. The maximum atomic E-state index is 13.3. The number of aromatic nitrogens is 6. The minimum atomic E-state index is -4.52. The molecular weight excluding hydrogens is 701 g/mol. The molecule has 0 bridgehead atoms. The van der Waals surface area contributed by atoms with Crippen molar-refractivity contribution in [2.45, 2.75) is 103 Å². The first-order valence-corrected chi connectivity index (χ1v) is 18.3. The van der Waals surface area contributed by atoms with Crippen LogP contribution in [-0.4, -0.2) is 102 Å². The maximum absolute atomic E-state index is 13.3. The van der Waals surface area contributed by atoms with Gasteiger partial charge in [0.1, 0.15) is 22.7 Å². The molecule has 2 amide bonds. The second kappa shape index (κ2) is 15.4. The van der Waals surface area contributed by atoms with Gasteiger partial charge in [0.25, 0.3) is 5.91 Å². The molecule has 1 aromatic carbocycles. The summed E-state index contributed by atoms with van der Waals surface area (Å²) in [6, 6.07) is 10.8. The highest BCUT2D eigenvalue weighted by Crippen LogP contribution is 2.38. The first-order valence-electron chi connectivity index (χ1n) is 18.3. The third-order valence-corrected chi connectivity index (χ3v) is 10.1. The van der Waals surface area contributed by atoms with E-state index in [2.05, 4.69) is 41.9 Å². The van der Waals surface area contributed by atoms with Gasteiger partial charge in [-0.15, -0.1) is 0 Å². The molecular formula is C38H49F3N10O3. The molecule has 0 unspecified atom stereocenters. The van der Waals surface area contributed by atoms with Gasteiger partial charge >= 0.3 is 12.3 Å². The van der Waals surface area contributed by atoms with Crippen LogP contribution in [0, 0.1) is 6.92 Å². The third-order valence-electron chi connectivity index (χ3n) is 10.1. The zero-order valence-electron chi connectivity index (χ0n) is 31.6. The standard InChI is InChI=1S/C38H49F3N10O3/c1-24-19-25(7-9-30(24)51-23-27(21-44-51)33(52)43-22-32-46-34(48-47-32)37(5,6)38(39,40)41)26-8-10-31(42-20-26)45-28-11-15-49(16-12-28)29-13-17-50(18-14-29)35(53)54-36(2,3)4/h7-10,19-21,23,28-29H,11-18,22H2,1-6H3,(H,42,45)(H,43,52)(H,46,47,48). The Labute approximate surface area is 313 Å². The van der Waals surface area contributed by atoms with Crippen molar-refractivity contribution in [3.8, 4) is 16.8 Å². The number of nitrogens with zero attached hydrogens (tertiary/aromatic N) is 7. The van der Waals surface area contributed by atoms with Crippen molar-refractivity contribution in [3.63, 3.8) is 0 Å². The average molecular weight is 751 g/mol. The largest absolute Gasteiger partial charge is 0.444 e. The lowest BCUT2D eigenvalue weighted by atomic mass is 9.92. The number of carbonyl (C=O) groups is 2. The second-order valence-electron chi connectivity index (χ2n) is 15.7. The molecule has 13 nitrogen and oxygen atoms in total. The van der Waals surface area contributed by atoms with Gasteiger partial charge in [-0.2, -0.15) is 23.4 Å². The molecule has 2 saturated heterocycles. The summed E-state index contributed by atoms with van der Waals surface area (Å²) in [6.45, 7) is 13.0. The number of halogens is 3. The molecule has 0 atom stereocenters. The fourth-order valence-electron chi connectivity index (χ4n) is 6.72. The van der Waals surface area contributed by atoms with Gasteiger partial charge in [-0.3, -0.25) is 9.89 Å². The second-order valence-corrected chi connectivity index (χ2v) is 15.7. The Balaban J connectivity index is 0.971. The Morgan fingerprint density at radius 1 is 0.944 bits per heavy atom. The van der Waals surface area contributed by atoms with Crippen LogP contribution in [0.15, 0.2) is 48.9 Å². The van der Waals surface area contributed by atoms with E-state index in [9.17, 15) is 22.8 Å². The van der Waals surface area contributed by atoms with Crippen LogP contribution in [0.1, 0.15) is 87.9 Å². The van der Waals surface area contributed by atoms with Gasteiger partial charge in [-0.05, 0) is 103 Å². The Bertz CT molecular complexity index is 1920. The van der Waals surface area contributed by atoms with Crippen LogP contribution in [0.5, 0.6) is 0 Å². The van der Waals surface area contributed by atoms with E-state index in [1.165, 1.54) is 6.20 Å². The summed E-state index contributed by atoms with van der Waals surface area (Å²) in [4.78, 5) is 38.3. The Kier molecular flexibility index (Phi) is 11.0. The van der Waals surface area contributed by atoms with Crippen LogP contribution in [0.4, 0.5) is 23.8 Å². The lowest BCUT2D eigenvalue weighted by Crippen LogP contribution is -2.51. The fraction of sp³-hybridized carbons (Fsp3) is 0.526. The van der Waals surface area contributed by atoms with Gasteiger partial charge in [0.2, 0.25) is 0 Å². The van der Waals surface area contributed by atoms with E-state index < -0.39 is 28.9 Å². The van der Waals surface area contributed by atoms with E-state index in [1.54, 1.807) is 10.9 Å². The highest BCUT2D eigenvalue weighted by atomic mass is 19.4. The van der Waals surface area contributed by atoms with Crippen molar-refractivity contribution in [2.24, 2.45) is 0 Å². The SMILES string of the molecule is Cc1cc(-c2ccc(NC3CCN(C4CCN(C(=O)OC(C)(C)C)CC4)CC3)nc2)ccc1-n1cc(C(=O)NCc2nc(C(C)(C)C(F)(F)F)n[nH]2)cn1. The number of likely N-dealkylation sites (tertiary alicyclic amines) is 2. The van der Waals surface area contributed by atoms with Crippen molar-refractivity contribution >= 4 is 17.8 Å². The minimum Gasteiger partial charge on any atom is -0.444 e. The van der Waals surface area contributed by atoms with Crippen LogP contribution >= 0.6 is 0 Å². The summed E-state index contributed by atoms with van der Waals surface area (Å²) in [7, 11) is 0. The Hall–Kier alpha value is -4.99. The first kappa shape index (κ1) is 38.7. The van der Waals surface area contributed by atoms with Crippen molar-refractivity contribution < 1.29 is 27.5 Å². The number of hydrogen-bond acceptors (Lipinski definition) is 9. The van der Waals surface area contributed by atoms with Crippen LogP contribution in [0.3, 0.4) is 0 Å². The molecule has 0 radical (unpaired) electrons. The number of piperidine rings is 2. The van der Waals surface area contributed by atoms with Gasteiger partial charge in [-0.25, -0.2) is 19.4 Å². The van der Waals surface area contributed by atoms with Crippen LogP contribution in [0.2, 0.25) is 0 Å². The number of benzene rings is 1. The Morgan fingerprint density at radius 2 is 1.65 bits per heavy atom. The fourth-order valence-corrected chi connectivity index (χ4v) is 6.72. The zero-order chi connectivity index (χ0) is 38.8. The number of amides is 2. The topological polar surface area (TPSA) is 146 Å². The lowest BCUT2D eigenvalue weighted by molar-refractivity contribution is -0.182. The van der Waals surface area contributed by atoms with E-state index in [0.717, 1.165) is 93.9 Å². The van der Waals surface area contributed by atoms with E-state index in [-0.39, 0.29) is 24.0 Å². The van der Waals surface area contributed by atoms with Crippen molar-refractivity contribution in [2.75, 3.05) is 31.5 Å². The molecule has 3 aromatic heterocycles. The molecule has 16 heteroatoms. The summed E-state index contributed by atoms with van der Waals surface area (Å²) in [5, 5.41) is 16.8. The molecule has 6 rings (SSSR count). The van der Waals surface area contributed by atoms with Crippen LogP contribution in [-0.2, 0) is 16.7 Å². The molecule has 2 fully saturated rings.